The molecule has 0 radical (unpaired) electrons. The van der Waals surface area contributed by atoms with Crippen LogP contribution in [0.5, 0.6) is 0 Å². The fraction of sp³-hybridized carbons (Fsp3) is 0.125. The fourth-order valence-corrected chi connectivity index (χ4v) is 4.25. The standard InChI is InChI=1S/C24H21ClN4O2S/c1-14-4-10-20(11-5-14)29-15(2)12-18(16(29)3)13-21(23(30)31)32-24-26-22(27-28-24)17-6-8-19(25)9-7-17/h4-13H,1-3H3,(H,30,31)(H,26,27,28)/b21-13-. The van der Waals surface area contributed by atoms with Gasteiger partial charge in [-0.25, -0.2) is 9.78 Å². The summed E-state index contributed by atoms with van der Waals surface area (Å²) in [6.07, 6.45) is 1.67. The summed E-state index contributed by atoms with van der Waals surface area (Å²) in [5.74, 6) is -0.487. The van der Waals surface area contributed by atoms with Crippen LogP contribution >= 0.6 is 23.4 Å². The highest BCUT2D eigenvalue weighted by Gasteiger charge is 2.17. The number of halogens is 1. The molecule has 0 amide bonds. The van der Waals surface area contributed by atoms with Crippen LogP contribution in [0.2, 0.25) is 5.02 Å². The molecule has 4 aromatic rings. The third-order valence-corrected chi connectivity index (χ3v) is 6.17. The number of aromatic amines is 1. The molecule has 6 nitrogen and oxygen atoms in total. The van der Waals surface area contributed by atoms with Crippen LogP contribution in [0.25, 0.3) is 23.2 Å². The minimum absolute atomic E-state index is 0.135. The first-order valence-electron chi connectivity index (χ1n) is 9.89. The summed E-state index contributed by atoms with van der Waals surface area (Å²) in [4.78, 5) is 16.5. The Morgan fingerprint density at radius 1 is 1.09 bits per heavy atom. The number of benzene rings is 2. The number of H-pyrrole nitrogens is 1. The quantitative estimate of drug-likeness (QED) is 0.267. The molecule has 4 rings (SSSR count). The second-order valence-electron chi connectivity index (χ2n) is 7.39. The van der Waals surface area contributed by atoms with Crippen molar-refractivity contribution in [1.82, 2.24) is 19.7 Å². The predicted octanol–water partition coefficient (Wildman–Crippen LogP) is 6.06. The van der Waals surface area contributed by atoms with Crippen LogP contribution in [0, 0.1) is 20.8 Å². The van der Waals surface area contributed by atoms with E-state index in [9.17, 15) is 9.90 Å². The van der Waals surface area contributed by atoms with E-state index in [-0.39, 0.29) is 4.91 Å². The summed E-state index contributed by atoms with van der Waals surface area (Å²) in [6.45, 7) is 6.03. The lowest BCUT2D eigenvalue weighted by Crippen LogP contribution is -2.00. The van der Waals surface area contributed by atoms with Crippen molar-refractivity contribution < 1.29 is 9.90 Å². The fourth-order valence-electron chi connectivity index (χ4n) is 3.43. The highest BCUT2D eigenvalue weighted by atomic mass is 35.5. The highest BCUT2D eigenvalue weighted by Crippen LogP contribution is 2.30. The van der Waals surface area contributed by atoms with Crippen LogP contribution in [0.1, 0.15) is 22.5 Å². The predicted molar refractivity (Wildman–Crippen MR) is 128 cm³/mol. The Hall–Kier alpha value is -3.29. The van der Waals surface area contributed by atoms with Gasteiger partial charge in [0.15, 0.2) is 5.82 Å². The summed E-state index contributed by atoms with van der Waals surface area (Å²) in [7, 11) is 0. The topological polar surface area (TPSA) is 83.8 Å². The van der Waals surface area contributed by atoms with Gasteiger partial charge in [-0.1, -0.05) is 29.3 Å². The molecule has 0 aliphatic heterocycles. The number of carboxylic acid groups (broad SMARTS) is 1. The largest absolute Gasteiger partial charge is 0.477 e. The van der Waals surface area contributed by atoms with Gasteiger partial charge in [0.05, 0.1) is 0 Å². The van der Waals surface area contributed by atoms with Gasteiger partial charge in [-0.3, -0.25) is 5.10 Å². The number of hydrogen-bond acceptors (Lipinski definition) is 4. The first-order valence-corrected chi connectivity index (χ1v) is 11.1. The molecule has 0 unspecified atom stereocenters. The molecule has 8 heteroatoms. The molecule has 2 aromatic heterocycles. The van der Waals surface area contributed by atoms with E-state index < -0.39 is 5.97 Å². The van der Waals surface area contributed by atoms with Gasteiger partial charge in [0.1, 0.15) is 4.91 Å². The lowest BCUT2D eigenvalue weighted by molar-refractivity contribution is -0.131. The number of aryl methyl sites for hydroxylation is 2. The second kappa shape index (κ2) is 9.06. The van der Waals surface area contributed by atoms with E-state index in [0.717, 1.165) is 40.0 Å². The molecule has 0 fully saturated rings. The van der Waals surface area contributed by atoms with Crippen LogP contribution < -0.4 is 0 Å². The van der Waals surface area contributed by atoms with Crippen molar-refractivity contribution in [2.24, 2.45) is 0 Å². The maximum Gasteiger partial charge on any atom is 0.342 e. The normalized spacial score (nSPS) is 11.7. The van der Waals surface area contributed by atoms with E-state index in [1.54, 1.807) is 18.2 Å². The van der Waals surface area contributed by atoms with Gasteiger partial charge in [-0.2, -0.15) is 0 Å². The number of carboxylic acids is 1. The monoisotopic (exact) mass is 464 g/mol. The minimum Gasteiger partial charge on any atom is -0.477 e. The Morgan fingerprint density at radius 2 is 1.78 bits per heavy atom. The number of carbonyl (C=O) groups is 1. The van der Waals surface area contributed by atoms with Gasteiger partial charge >= 0.3 is 5.97 Å². The van der Waals surface area contributed by atoms with E-state index in [1.807, 2.05) is 39.0 Å². The zero-order valence-corrected chi connectivity index (χ0v) is 19.3. The van der Waals surface area contributed by atoms with Gasteiger partial charge in [0, 0.05) is 27.7 Å². The summed E-state index contributed by atoms with van der Waals surface area (Å²) < 4.78 is 2.11. The number of thioether (sulfide) groups is 1. The molecule has 2 aromatic carbocycles. The molecule has 0 saturated heterocycles. The molecule has 0 aliphatic carbocycles. The van der Waals surface area contributed by atoms with Crippen LogP contribution in [-0.4, -0.2) is 30.8 Å². The Balaban J connectivity index is 1.63. The number of aliphatic carboxylic acids is 1. The zero-order chi connectivity index (χ0) is 22.8. The molecule has 0 saturated carbocycles. The Morgan fingerprint density at radius 3 is 2.44 bits per heavy atom. The van der Waals surface area contributed by atoms with Gasteiger partial charge in [0.25, 0.3) is 0 Å². The van der Waals surface area contributed by atoms with Crippen molar-refractivity contribution >= 4 is 35.4 Å². The second-order valence-corrected chi connectivity index (χ2v) is 8.83. The zero-order valence-electron chi connectivity index (χ0n) is 17.8. The van der Waals surface area contributed by atoms with Crippen molar-refractivity contribution in [1.29, 1.82) is 0 Å². The molecule has 32 heavy (non-hydrogen) atoms. The minimum atomic E-state index is -1.03. The molecule has 0 spiro atoms. The number of nitrogens with zero attached hydrogens (tertiary/aromatic N) is 3. The van der Waals surface area contributed by atoms with Gasteiger partial charge in [-0.05, 0) is 86.6 Å². The molecule has 2 N–H and O–H groups in total. The lowest BCUT2D eigenvalue weighted by atomic mass is 10.2. The molecule has 162 valence electrons. The first-order chi connectivity index (χ1) is 15.3. The smallest absolute Gasteiger partial charge is 0.342 e. The van der Waals surface area contributed by atoms with Crippen molar-refractivity contribution in [3.05, 3.63) is 87.0 Å². The van der Waals surface area contributed by atoms with Crippen molar-refractivity contribution in [2.45, 2.75) is 25.9 Å². The SMILES string of the molecule is Cc1ccc(-n2c(C)cc(/C=C(\Sc3n[nH]c(-c4ccc(Cl)cc4)n3)C(=O)O)c2C)cc1. The van der Waals surface area contributed by atoms with Crippen molar-refractivity contribution in [3.8, 4) is 17.1 Å². The van der Waals surface area contributed by atoms with E-state index in [2.05, 4.69) is 44.0 Å². The van der Waals surface area contributed by atoms with Crippen LogP contribution in [0.15, 0.2) is 64.7 Å². The van der Waals surface area contributed by atoms with Crippen molar-refractivity contribution in [3.63, 3.8) is 0 Å². The average Bonchev–Trinajstić information content (AvgIpc) is 3.33. The summed E-state index contributed by atoms with van der Waals surface area (Å²) >= 11 is 6.94. The average molecular weight is 465 g/mol. The van der Waals surface area contributed by atoms with Crippen molar-refractivity contribution in [2.75, 3.05) is 0 Å². The van der Waals surface area contributed by atoms with Crippen LogP contribution in [-0.2, 0) is 4.79 Å². The summed E-state index contributed by atoms with van der Waals surface area (Å²) in [5, 5.41) is 17.8. The third kappa shape index (κ3) is 4.64. The molecule has 0 atom stereocenters. The maximum absolute atomic E-state index is 12.0. The maximum atomic E-state index is 12.0. The van der Waals surface area contributed by atoms with E-state index >= 15 is 0 Å². The lowest BCUT2D eigenvalue weighted by Gasteiger charge is -2.10. The van der Waals surface area contributed by atoms with Gasteiger partial charge < -0.3 is 9.67 Å². The highest BCUT2D eigenvalue weighted by molar-refractivity contribution is 8.04. The third-order valence-electron chi connectivity index (χ3n) is 5.04. The van der Waals surface area contributed by atoms with E-state index in [0.29, 0.717) is 16.0 Å². The Bertz CT molecular complexity index is 1310. The Kier molecular flexibility index (Phi) is 6.21. The van der Waals surface area contributed by atoms with Crippen LogP contribution in [0.4, 0.5) is 0 Å². The van der Waals surface area contributed by atoms with Gasteiger partial charge in [-0.15, -0.1) is 5.10 Å². The van der Waals surface area contributed by atoms with Gasteiger partial charge in [0.2, 0.25) is 5.16 Å². The number of hydrogen-bond donors (Lipinski definition) is 2. The van der Waals surface area contributed by atoms with E-state index in [4.69, 9.17) is 11.6 Å². The number of nitrogens with one attached hydrogen (secondary N) is 1. The first kappa shape index (κ1) is 21.9. The molecule has 0 aliphatic rings. The van der Waals surface area contributed by atoms with E-state index in [1.165, 1.54) is 5.56 Å². The summed E-state index contributed by atoms with van der Waals surface area (Å²) in [6, 6.07) is 17.4. The number of rotatable bonds is 6. The summed E-state index contributed by atoms with van der Waals surface area (Å²) in [5.41, 5.74) is 5.86. The molecular formula is C24H21ClN4O2S. The molecule has 2 heterocycles. The Labute approximate surface area is 195 Å². The molecular weight excluding hydrogens is 444 g/mol. The molecule has 0 bridgehead atoms. The number of aromatic nitrogens is 4. The van der Waals surface area contributed by atoms with Crippen LogP contribution in [0.3, 0.4) is 0 Å².